The Kier molecular flexibility index (Phi) is 4.80. The normalized spacial score (nSPS) is 26.3. The van der Waals surface area contributed by atoms with E-state index in [1.165, 1.54) is 11.0 Å². The number of alkyl halides is 3. The van der Waals surface area contributed by atoms with E-state index in [9.17, 15) is 27.9 Å². The number of carbonyl (C=O) groups is 2. The molecule has 9 heteroatoms. The van der Waals surface area contributed by atoms with Gasteiger partial charge in [0.05, 0.1) is 11.6 Å². The highest BCUT2D eigenvalue weighted by molar-refractivity contribution is 5.91. The lowest BCUT2D eigenvalue weighted by Crippen LogP contribution is -2.73. The van der Waals surface area contributed by atoms with E-state index in [0.29, 0.717) is 12.1 Å². The Morgan fingerprint density at radius 3 is 2.72 bits per heavy atom. The van der Waals surface area contributed by atoms with Crippen molar-refractivity contribution in [1.82, 2.24) is 15.1 Å². The molecule has 0 spiro atoms. The standard InChI is InChI=1S/C20H22F3N3O3/c21-20(22,23)14-4-1-3-13(9-14)11-25(15-6-7-15)17(27)19-8-2-5-16(10-24-12-19)26(19)18(28)29/h1-5,9,15-16,24H,6-8,10-12H2,(H,28,29). The van der Waals surface area contributed by atoms with E-state index >= 15 is 0 Å². The first-order valence-electron chi connectivity index (χ1n) is 9.59. The van der Waals surface area contributed by atoms with E-state index in [1.54, 1.807) is 17.0 Å². The minimum atomic E-state index is -4.46. The predicted molar refractivity (Wildman–Crippen MR) is 98.0 cm³/mol. The molecule has 1 saturated carbocycles. The summed E-state index contributed by atoms with van der Waals surface area (Å²) in [6.45, 7) is 0.636. The maximum Gasteiger partial charge on any atom is 0.416 e. The number of nitrogens with one attached hydrogen (secondary N) is 1. The van der Waals surface area contributed by atoms with Crippen LogP contribution in [0.25, 0.3) is 0 Å². The van der Waals surface area contributed by atoms with Crippen molar-refractivity contribution in [3.05, 3.63) is 47.5 Å². The van der Waals surface area contributed by atoms with Crippen molar-refractivity contribution < 1.29 is 27.9 Å². The third-order valence-electron chi connectivity index (χ3n) is 5.84. The third-order valence-corrected chi connectivity index (χ3v) is 5.84. The fraction of sp³-hybridized carbons (Fsp3) is 0.500. The SMILES string of the molecule is O=C(O)N1C2C=CCC1(C(=O)N(Cc1cccc(C(F)(F)F)c1)C1CC1)CNC2. The van der Waals surface area contributed by atoms with Crippen LogP contribution in [0.15, 0.2) is 36.4 Å². The fourth-order valence-electron chi connectivity index (χ4n) is 4.32. The highest BCUT2D eigenvalue weighted by Gasteiger charge is 2.55. The number of fused-ring (bicyclic) bond motifs is 2. The Morgan fingerprint density at radius 1 is 1.31 bits per heavy atom. The van der Waals surface area contributed by atoms with Crippen molar-refractivity contribution in [2.24, 2.45) is 0 Å². The maximum absolute atomic E-state index is 13.6. The quantitative estimate of drug-likeness (QED) is 0.751. The van der Waals surface area contributed by atoms with Crippen LogP contribution >= 0.6 is 0 Å². The number of rotatable bonds is 4. The largest absolute Gasteiger partial charge is 0.465 e. The number of benzene rings is 1. The average molecular weight is 409 g/mol. The molecule has 2 unspecified atom stereocenters. The first kappa shape index (κ1) is 19.8. The summed E-state index contributed by atoms with van der Waals surface area (Å²) in [5.74, 6) is -0.346. The molecular weight excluding hydrogens is 387 g/mol. The van der Waals surface area contributed by atoms with Crippen molar-refractivity contribution >= 4 is 12.0 Å². The number of carboxylic acid groups (broad SMARTS) is 1. The number of carbonyl (C=O) groups excluding carboxylic acids is 1. The number of nitrogens with zero attached hydrogens (tertiary/aromatic N) is 2. The first-order valence-corrected chi connectivity index (χ1v) is 9.59. The second kappa shape index (κ2) is 7.05. The number of hydrogen-bond acceptors (Lipinski definition) is 3. The molecule has 4 rings (SSSR count). The van der Waals surface area contributed by atoms with Gasteiger partial charge in [0.1, 0.15) is 5.54 Å². The van der Waals surface area contributed by atoms with Gasteiger partial charge < -0.3 is 15.3 Å². The molecule has 1 aromatic rings. The molecule has 2 N–H and O–H groups in total. The second-order valence-corrected chi connectivity index (χ2v) is 7.88. The van der Waals surface area contributed by atoms with Crippen LogP contribution in [-0.2, 0) is 17.5 Å². The fourth-order valence-corrected chi connectivity index (χ4v) is 4.32. The Hall–Kier alpha value is -2.55. The Labute approximate surface area is 166 Å². The maximum atomic E-state index is 13.6. The van der Waals surface area contributed by atoms with Gasteiger partial charge in [-0.25, -0.2) is 4.79 Å². The van der Waals surface area contributed by atoms with E-state index in [-0.39, 0.29) is 31.5 Å². The third kappa shape index (κ3) is 3.59. The van der Waals surface area contributed by atoms with E-state index in [0.717, 1.165) is 25.0 Å². The van der Waals surface area contributed by atoms with Gasteiger partial charge >= 0.3 is 12.3 Å². The second-order valence-electron chi connectivity index (χ2n) is 7.88. The molecule has 1 saturated heterocycles. The van der Waals surface area contributed by atoms with Crippen molar-refractivity contribution in [2.75, 3.05) is 13.1 Å². The number of piperazine rings is 1. The summed E-state index contributed by atoms with van der Waals surface area (Å²) in [7, 11) is 0. The van der Waals surface area contributed by atoms with Crippen LogP contribution in [0, 0.1) is 0 Å². The van der Waals surface area contributed by atoms with Gasteiger partial charge in [0, 0.05) is 25.7 Å². The van der Waals surface area contributed by atoms with Crippen molar-refractivity contribution in [3.8, 4) is 0 Å². The molecule has 0 radical (unpaired) electrons. The van der Waals surface area contributed by atoms with Gasteiger partial charge in [0.2, 0.25) is 0 Å². The summed E-state index contributed by atoms with van der Waals surface area (Å²) in [5, 5.41) is 12.9. The minimum Gasteiger partial charge on any atom is -0.465 e. The summed E-state index contributed by atoms with van der Waals surface area (Å²) in [5.41, 5.74) is -1.65. The zero-order chi connectivity index (χ0) is 20.8. The minimum absolute atomic E-state index is 0.0248. The van der Waals surface area contributed by atoms with E-state index in [4.69, 9.17) is 0 Å². The molecule has 3 aliphatic rings. The molecule has 2 heterocycles. The van der Waals surface area contributed by atoms with Crippen molar-refractivity contribution in [1.29, 1.82) is 0 Å². The van der Waals surface area contributed by atoms with Gasteiger partial charge in [-0.3, -0.25) is 9.69 Å². The van der Waals surface area contributed by atoms with Crippen molar-refractivity contribution in [3.63, 3.8) is 0 Å². The van der Waals surface area contributed by atoms with Gasteiger partial charge in [-0.05, 0) is 37.0 Å². The zero-order valence-corrected chi connectivity index (χ0v) is 15.7. The summed E-state index contributed by atoms with van der Waals surface area (Å²) in [6, 6.07) is 4.43. The molecule has 0 aromatic heterocycles. The van der Waals surface area contributed by atoms with Crippen LogP contribution < -0.4 is 5.32 Å². The van der Waals surface area contributed by atoms with Gasteiger partial charge in [0.15, 0.2) is 0 Å². The molecule has 6 nitrogen and oxygen atoms in total. The van der Waals surface area contributed by atoms with E-state index in [2.05, 4.69) is 5.32 Å². The predicted octanol–water partition coefficient (Wildman–Crippen LogP) is 2.85. The molecule has 2 amide bonds. The summed E-state index contributed by atoms with van der Waals surface area (Å²) >= 11 is 0. The number of amides is 2. The van der Waals surface area contributed by atoms with E-state index in [1.807, 2.05) is 6.08 Å². The number of halogens is 3. The van der Waals surface area contributed by atoms with Gasteiger partial charge in [-0.2, -0.15) is 13.2 Å². The molecule has 2 fully saturated rings. The first-order chi connectivity index (χ1) is 13.7. The lowest BCUT2D eigenvalue weighted by molar-refractivity contribution is -0.147. The van der Waals surface area contributed by atoms with Crippen LogP contribution in [0.3, 0.4) is 0 Å². The Balaban J connectivity index is 1.65. The van der Waals surface area contributed by atoms with Crippen LogP contribution in [0.2, 0.25) is 0 Å². The molecule has 2 aliphatic heterocycles. The molecule has 1 aliphatic carbocycles. The number of hydrogen-bond donors (Lipinski definition) is 2. The van der Waals surface area contributed by atoms with Crippen LogP contribution in [0.1, 0.15) is 30.4 Å². The van der Waals surface area contributed by atoms with E-state index < -0.39 is 29.4 Å². The van der Waals surface area contributed by atoms with Gasteiger partial charge in [0.25, 0.3) is 5.91 Å². The topological polar surface area (TPSA) is 72.9 Å². The zero-order valence-electron chi connectivity index (χ0n) is 15.7. The molecule has 1 aromatic carbocycles. The lowest BCUT2D eigenvalue weighted by atomic mass is 9.83. The summed E-state index contributed by atoms with van der Waals surface area (Å²) in [6.07, 6.45) is -0.242. The average Bonchev–Trinajstić information content (AvgIpc) is 3.49. The van der Waals surface area contributed by atoms with Gasteiger partial charge in [-0.15, -0.1) is 0 Å². The van der Waals surface area contributed by atoms with Gasteiger partial charge in [-0.1, -0.05) is 24.3 Å². The molecule has 29 heavy (non-hydrogen) atoms. The molecule has 2 atom stereocenters. The summed E-state index contributed by atoms with van der Waals surface area (Å²) in [4.78, 5) is 28.4. The van der Waals surface area contributed by atoms with Crippen molar-refractivity contribution in [2.45, 2.75) is 49.6 Å². The monoisotopic (exact) mass is 409 g/mol. The Bertz CT molecular complexity index is 853. The van der Waals surface area contributed by atoms with Crippen LogP contribution in [0.4, 0.5) is 18.0 Å². The summed E-state index contributed by atoms with van der Waals surface area (Å²) < 4.78 is 39.2. The lowest BCUT2D eigenvalue weighted by Gasteiger charge is -2.51. The molecule has 156 valence electrons. The van der Waals surface area contributed by atoms with Crippen LogP contribution in [-0.4, -0.2) is 57.6 Å². The highest BCUT2D eigenvalue weighted by atomic mass is 19.4. The highest BCUT2D eigenvalue weighted by Crippen LogP contribution is 2.38. The van der Waals surface area contributed by atoms with Crippen LogP contribution in [0.5, 0.6) is 0 Å². The molecule has 2 bridgehead atoms. The Morgan fingerprint density at radius 2 is 2.07 bits per heavy atom. The smallest absolute Gasteiger partial charge is 0.416 e. The molecular formula is C20H22F3N3O3.